The van der Waals surface area contributed by atoms with Gasteiger partial charge in [0, 0.05) is 5.56 Å². The molecule has 0 radical (unpaired) electrons. The van der Waals surface area contributed by atoms with Crippen molar-refractivity contribution in [1.29, 1.82) is 0 Å². The minimum absolute atomic E-state index is 0.190. The molecule has 108 valence electrons. The third-order valence-corrected chi connectivity index (χ3v) is 3.02. The quantitative estimate of drug-likeness (QED) is 0.624. The molecule has 2 aromatic carbocycles. The minimum Gasteiger partial charge on any atom is -0.489 e. The summed E-state index contributed by atoms with van der Waals surface area (Å²) in [6.45, 7) is 1.80. The summed E-state index contributed by atoms with van der Waals surface area (Å²) in [6, 6.07) is 14.5. The summed E-state index contributed by atoms with van der Waals surface area (Å²) < 4.78 is 10.3. The Bertz CT molecular complexity index is 647. The average Bonchev–Trinajstić information content (AvgIpc) is 2.52. The fourth-order valence-electron chi connectivity index (χ4n) is 1.94. The van der Waals surface area contributed by atoms with E-state index in [4.69, 9.17) is 9.47 Å². The highest BCUT2D eigenvalue weighted by molar-refractivity contribution is 6.05. The summed E-state index contributed by atoms with van der Waals surface area (Å²) in [5, 5.41) is 0. The van der Waals surface area contributed by atoms with Gasteiger partial charge >= 0.3 is 5.97 Å². The van der Waals surface area contributed by atoms with Crippen LogP contribution in [0.15, 0.2) is 48.5 Å². The van der Waals surface area contributed by atoms with Gasteiger partial charge in [0.15, 0.2) is 5.78 Å². The van der Waals surface area contributed by atoms with Gasteiger partial charge in [-0.25, -0.2) is 4.79 Å². The molecule has 0 aliphatic rings. The molecule has 2 aromatic rings. The Morgan fingerprint density at radius 3 is 2.33 bits per heavy atom. The maximum Gasteiger partial charge on any atom is 0.338 e. The number of Topliss-reactive ketones (excluding diaryl/α,β-unsaturated/α-hetero) is 1. The highest BCUT2D eigenvalue weighted by Crippen LogP contribution is 2.20. The highest BCUT2D eigenvalue weighted by Gasteiger charge is 2.16. The van der Waals surface area contributed by atoms with Crippen molar-refractivity contribution >= 4 is 11.8 Å². The summed E-state index contributed by atoms with van der Waals surface area (Å²) in [5.41, 5.74) is 1.57. The molecule has 0 N–H and O–H groups in total. The fraction of sp³-hybridized carbons (Fsp3) is 0.176. The van der Waals surface area contributed by atoms with Gasteiger partial charge in [0.2, 0.25) is 0 Å². The van der Waals surface area contributed by atoms with Crippen LogP contribution in [0.4, 0.5) is 0 Å². The van der Waals surface area contributed by atoms with Crippen LogP contribution >= 0.6 is 0 Å². The molecule has 0 spiro atoms. The van der Waals surface area contributed by atoms with E-state index in [0.717, 1.165) is 5.56 Å². The average molecular weight is 284 g/mol. The number of hydrogen-bond donors (Lipinski definition) is 0. The lowest BCUT2D eigenvalue weighted by molar-refractivity contribution is 0.0596. The zero-order valence-corrected chi connectivity index (χ0v) is 12.0. The second-order valence-electron chi connectivity index (χ2n) is 4.53. The van der Waals surface area contributed by atoms with Gasteiger partial charge in [0.05, 0.1) is 12.7 Å². The number of carbonyl (C=O) groups is 2. The Balaban J connectivity index is 2.21. The molecular formula is C17H16O4. The van der Waals surface area contributed by atoms with Crippen LogP contribution in [0, 0.1) is 0 Å². The number of methoxy groups -OCH3 is 1. The molecule has 0 unspecified atom stereocenters. The van der Waals surface area contributed by atoms with Crippen molar-refractivity contribution in [2.24, 2.45) is 0 Å². The Labute approximate surface area is 123 Å². The summed E-state index contributed by atoms with van der Waals surface area (Å²) in [7, 11) is 1.28. The minimum atomic E-state index is -0.551. The molecule has 0 aromatic heterocycles. The van der Waals surface area contributed by atoms with Crippen LogP contribution in [0.25, 0.3) is 0 Å². The van der Waals surface area contributed by atoms with Crippen LogP contribution in [0.5, 0.6) is 5.75 Å². The molecule has 0 fully saturated rings. The van der Waals surface area contributed by atoms with Gasteiger partial charge < -0.3 is 9.47 Å². The van der Waals surface area contributed by atoms with E-state index in [9.17, 15) is 9.59 Å². The number of carbonyl (C=O) groups excluding carboxylic acids is 2. The van der Waals surface area contributed by atoms with E-state index in [1.165, 1.54) is 20.1 Å². The monoisotopic (exact) mass is 284 g/mol. The first-order valence-corrected chi connectivity index (χ1v) is 6.52. The molecule has 4 nitrogen and oxygen atoms in total. The summed E-state index contributed by atoms with van der Waals surface area (Å²) in [5.74, 6) is -0.223. The Morgan fingerprint density at radius 1 is 1.00 bits per heavy atom. The molecule has 0 heterocycles. The number of ketones is 1. The Hall–Kier alpha value is -2.62. The van der Waals surface area contributed by atoms with Crippen LogP contribution in [0.1, 0.15) is 33.2 Å². The number of esters is 1. The third kappa shape index (κ3) is 3.69. The molecule has 0 amide bonds. The van der Waals surface area contributed by atoms with E-state index < -0.39 is 5.97 Å². The Kier molecular flexibility index (Phi) is 4.72. The molecule has 0 aliphatic heterocycles. The van der Waals surface area contributed by atoms with Gasteiger partial charge in [-0.1, -0.05) is 30.3 Å². The number of rotatable bonds is 5. The van der Waals surface area contributed by atoms with E-state index in [2.05, 4.69) is 0 Å². The van der Waals surface area contributed by atoms with Crippen molar-refractivity contribution in [2.45, 2.75) is 13.5 Å². The van der Waals surface area contributed by atoms with Crippen molar-refractivity contribution < 1.29 is 19.1 Å². The van der Waals surface area contributed by atoms with E-state index >= 15 is 0 Å². The van der Waals surface area contributed by atoms with Crippen LogP contribution in [-0.4, -0.2) is 18.9 Å². The van der Waals surface area contributed by atoms with Crippen molar-refractivity contribution in [3.8, 4) is 5.75 Å². The van der Waals surface area contributed by atoms with Crippen molar-refractivity contribution in [2.75, 3.05) is 7.11 Å². The van der Waals surface area contributed by atoms with E-state index in [-0.39, 0.29) is 11.3 Å². The summed E-state index contributed by atoms with van der Waals surface area (Å²) >= 11 is 0. The number of ether oxygens (including phenoxy) is 2. The van der Waals surface area contributed by atoms with Gasteiger partial charge in [-0.05, 0) is 30.7 Å². The van der Waals surface area contributed by atoms with E-state index in [1.54, 1.807) is 12.1 Å². The summed E-state index contributed by atoms with van der Waals surface area (Å²) in [4.78, 5) is 23.3. The predicted octanol–water partition coefficient (Wildman–Crippen LogP) is 3.25. The summed E-state index contributed by atoms with van der Waals surface area (Å²) in [6.07, 6.45) is 0. The number of benzene rings is 2. The zero-order valence-electron chi connectivity index (χ0n) is 12.0. The SMILES string of the molecule is COC(=O)c1cc(OCc2ccccc2)ccc1C(C)=O. The van der Waals surface area contributed by atoms with Crippen LogP contribution in [0.3, 0.4) is 0 Å². The van der Waals surface area contributed by atoms with E-state index in [1.807, 2.05) is 30.3 Å². The van der Waals surface area contributed by atoms with Crippen LogP contribution < -0.4 is 4.74 Å². The highest BCUT2D eigenvalue weighted by atomic mass is 16.5. The molecule has 0 saturated heterocycles. The Morgan fingerprint density at radius 2 is 1.71 bits per heavy atom. The first-order valence-electron chi connectivity index (χ1n) is 6.52. The standard InChI is InChI=1S/C17H16O4/c1-12(18)15-9-8-14(10-16(15)17(19)20-2)21-11-13-6-4-3-5-7-13/h3-10H,11H2,1-2H3. The first-order chi connectivity index (χ1) is 10.1. The maximum atomic E-state index is 11.7. The van der Waals surface area contributed by atoms with Crippen molar-refractivity contribution in [3.63, 3.8) is 0 Å². The fourth-order valence-corrected chi connectivity index (χ4v) is 1.94. The van der Waals surface area contributed by atoms with Gasteiger partial charge in [0.1, 0.15) is 12.4 Å². The molecule has 0 bridgehead atoms. The molecule has 0 saturated carbocycles. The first kappa shape index (κ1) is 14.8. The molecule has 21 heavy (non-hydrogen) atoms. The smallest absolute Gasteiger partial charge is 0.338 e. The van der Waals surface area contributed by atoms with Gasteiger partial charge in [-0.15, -0.1) is 0 Å². The van der Waals surface area contributed by atoms with Gasteiger partial charge in [0.25, 0.3) is 0 Å². The number of hydrogen-bond acceptors (Lipinski definition) is 4. The maximum absolute atomic E-state index is 11.7. The molecule has 4 heteroatoms. The largest absolute Gasteiger partial charge is 0.489 e. The lowest BCUT2D eigenvalue weighted by atomic mass is 10.0. The molecule has 0 atom stereocenters. The van der Waals surface area contributed by atoms with E-state index in [0.29, 0.717) is 17.9 Å². The van der Waals surface area contributed by atoms with Gasteiger partial charge in [-0.2, -0.15) is 0 Å². The predicted molar refractivity (Wildman–Crippen MR) is 78.6 cm³/mol. The van der Waals surface area contributed by atoms with Crippen molar-refractivity contribution in [3.05, 3.63) is 65.2 Å². The lowest BCUT2D eigenvalue weighted by Crippen LogP contribution is -2.09. The second-order valence-corrected chi connectivity index (χ2v) is 4.53. The normalized spacial score (nSPS) is 10.0. The zero-order chi connectivity index (χ0) is 15.2. The molecule has 0 aliphatic carbocycles. The molecular weight excluding hydrogens is 268 g/mol. The molecule has 2 rings (SSSR count). The van der Waals surface area contributed by atoms with Crippen LogP contribution in [0.2, 0.25) is 0 Å². The van der Waals surface area contributed by atoms with Crippen LogP contribution in [-0.2, 0) is 11.3 Å². The second kappa shape index (κ2) is 6.70. The topological polar surface area (TPSA) is 52.6 Å². The van der Waals surface area contributed by atoms with Gasteiger partial charge in [-0.3, -0.25) is 4.79 Å². The van der Waals surface area contributed by atoms with Crippen molar-refractivity contribution in [1.82, 2.24) is 0 Å². The third-order valence-electron chi connectivity index (χ3n) is 3.02. The lowest BCUT2D eigenvalue weighted by Gasteiger charge is -2.10.